The Hall–Kier alpha value is -1.16. The fourth-order valence-corrected chi connectivity index (χ4v) is 1.38. The molecule has 0 aromatic heterocycles. The van der Waals surface area contributed by atoms with E-state index in [2.05, 4.69) is 0 Å². The number of halogens is 2. The second-order valence-corrected chi connectivity index (χ2v) is 3.67. The quantitative estimate of drug-likeness (QED) is 0.813. The fraction of sp³-hybridized carbons (Fsp3) is 0.500. The van der Waals surface area contributed by atoms with Crippen LogP contribution in [-0.2, 0) is 6.42 Å². The Labute approximate surface area is 94.4 Å². The molecule has 0 fully saturated rings. The number of ether oxygens (including phenoxy) is 1. The Morgan fingerprint density at radius 2 is 2.19 bits per heavy atom. The van der Waals surface area contributed by atoms with E-state index in [0.717, 1.165) is 12.0 Å². The van der Waals surface area contributed by atoms with Gasteiger partial charge in [-0.2, -0.15) is 0 Å². The first-order valence-corrected chi connectivity index (χ1v) is 5.40. The largest absolute Gasteiger partial charge is 0.488 e. The van der Waals surface area contributed by atoms with E-state index in [1.807, 2.05) is 6.92 Å². The summed E-state index contributed by atoms with van der Waals surface area (Å²) in [5.41, 5.74) is 6.60. The molecule has 4 heteroatoms. The van der Waals surface area contributed by atoms with Crippen molar-refractivity contribution in [2.24, 2.45) is 5.73 Å². The first kappa shape index (κ1) is 12.9. The maximum absolute atomic E-state index is 13.4. The summed E-state index contributed by atoms with van der Waals surface area (Å²) in [5.74, 6) is -0.374. The second kappa shape index (κ2) is 6.43. The highest BCUT2D eigenvalue weighted by molar-refractivity contribution is 5.29. The zero-order valence-corrected chi connectivity index (χ0v) is 9.38. The van der Waals surface area contributed by atoms with Gasteiger partial charge >= 0.3 is 0 Å². The van der Waals surface area contributed by atoms with Crippen LogP contribution >= 0.6 is 0 Å². The van der Waals surface area contributed by atoms with Crippen molar-refractivity contribution < 1.29 is 13.5 Å². The molecule has 0 amide bonds. The van der Waals surface area contributed by atoms with E-state index >= 15 is 0 Å². The average molecular weight is 229 g/mol. The lowest BCUT2D eigenvalue weighted by molar-refractivity contribution is 0.262. The van der Waals surface area contributed by atoms with Gasteiger partial charge in [-0.1, -0.05) is 13.0 Å². The molecule has 1 aromatic rings. The smallest absolute Gasteiger partial charge is 0.165 e. The van der Waals surface area contributed by atoms with Gasteiger partial charge in [-0.25, -0.2) is 8.78 Å². The van der Waals surface area contributed by atoms with Gasteiger partial charge in [0.05, 0.1) is 0 Å². The lowest BCUT2D eigenvalue weighted by Crippen LogP contribution is -2.21. The maximum Gasteiger partial charge on any atom is 0.165 e. The van der Waals surface area contributed by atoms with E-state index in [4.69, 9.17) is 10.5 Å². The Morgan fingerprint density at radius 1 is 1.44 bits per heavy atom. The van der Waals surface area contributed by atoms with E-state index in [9.17, 15) is 8.78 Å². The molecule has 1 rings (SSSR count). The minimum atomic E-state index is -0.623. The maximum atomic E-state index is 13.4. The molecule has 0 bridgehead atoms. The lowest BCUT2D eigenvalue weighted by Gasteiger charge is -2.10. The minimum absolute atomic E-state index is 0.0389. The standard InChI is InChI=1S/C12H17F2NO/c1-2-10(15)7-9-3-4-12(11(14)8-9)16-6-5-13/h3-4,8,10H,2,5-7,15H2,1H3. The van der Waals surface area contributed by atoms with Crippen LogP contribution < -0.4 is 10.5 Å². The molecule has 0 aliphatic rings. The van der Waals surface area contributed by atoms with Gasteiger partial charge in [0.2, 0.25) is 0 Å². The zero-order valence-electron chi connectivity index (χ0n) is 9.38. The average Bonchev–Trinajstić information content (AvgIpc) is 2.28. The third-order valence-corrected chi connectivity index (χ3v) is 2.35. The van der Waals surface area contributed by atoms with Crippen LogP contribution in [0.2, 0.25) is 0 Å². The Morgan fingerprint density at radius 3 is 2.75 bits per heavy atom. The van der Waals surface area contributed by atoms with Crippen LogP contribution in [0.25, 0.3) is 0 Å². The summed E-state index contributed by atoms with van der Waals surface area (Å²) in [7, 11) is 0. The highest BCUT2D eigenvalue weighted by atomic mass is 19.1. The van der Waals surface area contributed by atoms with Crippen molar-refractivity contribution in [2.75, 3.05) is 13.3 Å². The summed E-state index contributed by atoms with van der Waals surface area (Å²) in [4.78, 5) is 0. The number of nitrogens with two attached hydrogens (primary N) is 1. The van der Waals surface area contributed by atoms with Crippen molar-refractivity contribution in [1.82, 2.24) is 0 Å². The fourth-order valence-electron chi connectivity index (χ4n) is 1.38. The topological polar surface area (TPSA) is 35.2 Å². The van der Waals surface area contributed by atoms with Gasteiger partial charge in [0.25, 0.3) is 0 Å². The van der Waals surface area contributed by atoms with Gasteiger partial charge in [0.15, 0.2) is 11.6 Å². The van der Waals surface area contributed by atoms with E-state index < -0.39 is 12.5 Å². The van der Waals surface area contributed by atoms with Gasteiger partial charge in [-0.3, -0.25) is 0 Å². The van der Waals surface area contributed by atoms with Gasteiger partial charge < -0.3 is 10.5 Å². The molecule has 16 heavy (non-hydrogen) atoms. The molecule has 0 spiro atoms. The van der Waals surface area contributed by atoms with Crippen LogP contribution in [0.5, 0.6) is 5.75 Å². The molecule has 1 unspecified atom stereocenters. The number of alkyl halides is 1. The van der Waals surface area contributed by atoms with Gasteiger partial charge in [0, 0.05) is 6.04 Å². The third kappa shape index (κ3) is 3.77. The van der Waals surface area contributed by atoms with E-state index in [-0.39, 0.29) is 18.4 Å². The van der Waals surface area contributed by atoms with E-state index in [0.29, 0.717) is 6.42 Å². The molecule has 0 aliphatic heterocycles. The number of rotatable bonds is 6. The second-order valence-electron chi connectivity index (χ2n) is 3.67. The molecule has 0 radical (unpaired) electrons. The highest BCUT2D eigenvalue weighted by Gasteiger charge is 2.07. The van der Waals surface area contributed by atoms with Gasteiger partial charge in [0.1, 0.15) is 13.3 Å². The molecule has 0 saturated carbocycles. The van der Waals surface area contributed by atoms with E-state index in [1.165, 1.54) is 12.1 Å². The number of benzene rings is 1. The molecule has 2 nitrogen and oxygen atoms in total. The summed E-state index contributed by atoms with van der Waals surface area (Å²) in [6, 6.07) is 4.70. The van der Waals surface area contributed by atoms with Crippen molar-refractivity contribution in [2.45, 2.75) is 25.8 Å². The van der Waals surface area contributed by atoms with E-state index in [1.54, 1.807) is 6.07 Å². The molecular formula is C12H17F2NO. The van der Waals surface area contributed by atoms with Crippen LogP contribution in [0.3, 0.4) is 0 Å². The van der Waals surface area contributed by atoms with Crippen LogP contribution in [-0.4, -0.2) is 19.3 Å². The van der Waals surface area contributed by atoms with Gasteiger partial charge in [-0.05, 0) is 30.5 Å². The monoisotopic (exact) mass is 229 g/mol. The predicted octanol–water partition coefficient (Wildman–Crippen LogP) is 2.45. The van der Waals surface area contributed by atoms with Gasteiger partial charge in [-0.15, -0.1) is 0 Å². The van der Waals surface area contributed by atoms with Crippen molar-refractivity contribution in [1.29, 1.82) is 0 Å². The number of hydrogen-bond acceptors (Lipinski definition) is 2. The Balaban J connectivity index is 2.66. The Bertz CT molecular complexity index is 331. The first-order chi connectivity index (χ1) is 7.67. The zero-order chi connectivity index (χ0) is 12.0. The molecule has 0 aliphatic carbocycles. The first-order valence-electron chi connectivity index (χ1n) is 5.40. The normalized spacial score (nSPS) is 12.5. The van der Waals surface area contributed by atoms with Crippen LogP contribution in [0, 0.1) is 5.82 Å². The van der Waals surface area contributed by atoms with Crippen molar-refractivity contribution in [3.63, 3.8) is 0 Å². The predicted molar refractivity (Wildman–Crippen MR) is 59.8 cm³/mol. The Kier molecular flexibility index (Phi) is 5.19. The highest BCUT2D eigenvalue weighted by Crippen LogP contribution is 2.19. The molecule has 0 saturated heterocycles. The van der Waals surface area contributed by atoms with Crippen molar-refractivity contribution in [3.05, 3.63) is 29.6 Å². The lowest BCUT2D eigenvalue weighted by atomic mass is 10.0. The molecule has 0 heterocycles. The van der Waals surface area contributed by atoms with Crippen molar-refractivity contribution in [3.8, 4) is 5.75 Å². The summed E-state index contributed by atoms with van der Waals surface area (Å²) >= 11 is 0. The SMILES string of the molecule is CCC(N)Cc1ccc(OCCF)c(F)c1. The summed E-state index contributed by atoms with van der Waals surface area (Å²) in [6.07, 6.45) is 1.48. The van der Waals surface area contributed by atoms with Crippen LogP contribution in [0.4, 0.5) is 8.78 Å². The molecule has 2 N–H and O–H groups in total. The number of hydrogen-bond donors (Lipinski definition) is 1. The molecule has 1 aromatic carbocycles. The minimum Gasteiger partial charge on any atom is -0.488 e. The van der Waals surface area contributed by atoms with Crippen LogP contribution in [0.15, 0.2) is 18.2 Å². The third-order valence-electron chi connectivity index (χ3n) is 2.35. The molecular weight excluding hydrogens is 212 g/mol. The summed E-state index contributed by atoms with van der Waals surface area (Å²) < 4.78 is 30.2. The summed E-state index contributed by atoms with van der Waals surface area (Å²) in [5, 5.41) is 0. The molecule has 90 valence electrons. The summed E-state index contributed by atoms with van der Waals surface area (Å²) in [6.45, 7) is 1.24. The molecule has 1 atom stereocenters. The van der Waals surface area contributed by atoms with Crippen molar-refractivity contribution >= 4 is 0 Å². The van der Waals surface area contributed by atoms with Crippen LogP contribution in [0.1, 0.15) is 18.9 Å².